The van der Waals surface area contributed by atoms with Crippen molar-refractivity contribution in [1.29, 1.82) is 0 Å². The van der Waals surface area contributed by atoms with Gasteiger partial charge < -0.3 is 19.8 Å². The number of carboxylic acids is 1. The van der Waals surface area contributed by atoms with E-state index in [-0.39, 0.29) is 57.5 Å². The smallest absolute Gasteiger partial charge is 0.548 e. The van der Waals surface area contributed by atoms with E-state index < -0.39 is 18.3 Å². The van der Waals surface area contributed by atoms with E-state index in [1.165, 1.54) is 34.5 Å². The van der Waals surface area contributed by atoms with Crippen LogP contribution >= 0.6 is 23.4 Å². The molecule has 6 nitrogen and oxygen atoms in total. The van der Waals surface area contributed by atoms with Crippen molar-refractivity contribution in [3.05, 3.63) is 69.6 Å². The quantitative estimate of drug-likeness (QED) is 0.263. The molecular formula is C21H14ClFN3NaO3S. The molecule has 0 spiro atoms. The van der Waals surface area contributed by atoms with Crippen molar-refractivity contribution in [3.63, 3.8) is 0 Å². The van der Waals surface area contributed by atoms with Gasteiger partial charge in [0.25, 0.3) is 0 Å². The predicted octanol–water partition coefficient (Wildman–Crippen LogP) is 0.562. The molecule has 0 amide bonds. The first kappa shape index (κ1) is 23.6. The van der Waals surface area contributed by atoms with Crippen molar-refractivity contribution in [2.45, 2.75) is 11.4 Å². The molecule has 0 radical (unpaired) electrons. The van der Waals surface area contributed by atoms with E-state index in [1.54, 1.807) is 36.6 Å². The maximum absolute atomic E-state index is 14.0. The van der Waals surface area contributed by atoms with E-state index in [2.05, 4.69) is 10.3 Å². The topological polar surface area (TPSA) is 87.0 Å². The molecule has 10 heteroatoms. The number of benzene rings is 2. The van der Waals surface area contributed by atoms with Gasteiger partial charge in [-0.3, -0.25) is 4.79 Å². The summed E-state index contributed by atoms with van der Waals surface area (Å²) in [5.41, 5.74) is 0.404. The number of hydrogen-bond donors (Lipinski definition) is 1. The summed E-state index contributed by atoms with van der Waals surface area (Å²) in [7, 11) is 0. The largest absolute Gasteiger partial charge is 1.00 e. The molecule has 0 saturated heterocycles. The van der Waals surface area contributed by atoms with Crippen LogP contribution in [0.1, 0.15) is 0 Å². The molecule has 0 fully saturated rings. The number of thioether (sulfide) groups is 1. The molecule has 2 aromatic carbocycles. The first-order chi connectivity index (χ1) is 14.4. The van der Waals surface area contributed by atoms with Crippen LogP contribution in [-0.4, -0.2) is 21.8 Å². The Kier molecular flexibility index (Phi) is 7.28. The molecule has 2 aromatic heterocycles. The summed E-state index contributed by atoms with van der Waals surface area (Å²) in [6.07, 6.45) is 1.78. The van der Waals surface area contributed by atoms with Gasteiger partial charge in [0.1, 0.15) is 17.3 Å². The number of aromatic nitrogens is 2. The molecule has 0 saturated carbocycles. The van der Waals surface area contributed by atoms with Crippen molar-refractivity contribution in [1.82, 2.24) is 9.55 Å². The van der Waals surface area contributed by atoms with Crippen LogP contribution in [0.25, 0.3) is 21.9 Å². The Morgan fingerprint density at radius 1 is 1.19 bits per heavy atom. The van der Waals surface area contributed by atoms with Gasteiger partial charge in [-0.1, -0.05) is 23.7 Å². The fourth-order valence-electron chi connectivity index (χ4n) is 3.33. The monoisotopic (exact) mass is 465 g/mol. The molecule has 0 aliphatic rings. The number of carbonyl (C=O) groups is 1. The van der Waals surface area contributed by atoms with Crippen molar-refractivity contribution in [3.8, 4) is 0 Å². The number of nitrogens with zero attached hydrogens (tertiary/aromatic N) is 2. The Morgan fingerprint density at radius 2 is 1.90 bits per heavy atom. The SMILES string of the molecule is CSc1c(Cl)ccc2c(=O)c3ccc(Nc4ccccc4F)nc3n(CC(=O)[O-])c12.[Na+]. The number of anilines is 2. The second-order valence-corrected chi connectivity index (χ2v) is 7.66. The van der Waals surface area contributed by atoms with E-state index in [9.17, 15) is 19.1 Å². The Morgan fingerprint density at radius 3 is 2.58 bits per heavy atom. The standard InChI is InChI=1S/C21H15ClFN3O3S.Na/c1-30-20-13(22)8-6-11-18(20)26(10-17(27)28)21-12(19(11)29)7-9-16(25-21)24-15-5-3-2-4-14(15)23;/h2-9H,10H2,1H3,(H,24,25)(H,27,28);/q;+1/p-1. The fourth-order valence-corrected chi connectivity index (χ4v) is 4.39. The minimum atomic E-state index is -1.34. The summed E-state index contributed by atoms with van der Waals surface area (Å²) in [6, 6.07) is 12.3. The number of aliphatic carboxylic acids is 1. The number of halogens is 2. The van der Waals surface area contributed by atoms with Crippen molar-refractivity contribution >= 4 is 62.8 Å². The molecule has 4 aromatic rings. The van der Waals surface area contributed by atoms with Crippen LogP contribution in [0.4, 0.5) is 15.9 Å². The molecular weight excluding hydrogens is 452 g/mol. The number of hydrogen-bond acceptors (Lipinski definition) is 6. The minimum Gasteiger partial charge on any atom is -0.548 e. The summed E-state index contributed by atoms with van der Waals surface area (Å²) in [4.78, 5) is 29.6. The zero-order chi connectivity index (χ0) is 21.4. The number of para-hydroxylation sites is 1. The Hall–Kier alpha value is -2.10. The van der Waals surface area contributed by atoms with Crippen molar-refractivity contribution in [2.75, 3.05) is 11.6 Å². The average molecular weight is 466 g/mol. The predicted molar refractivity (Wildman–Crippen MR) is 115 cm³/mol. The molecule has 2 heterocycles. The molecule has 4 rings (SSSR count). The summed E-state index contributed by atoms with van der Waals surface area (Å²) in [5, 5.41) is 15.3. The number of pyridine rings is 2. The zero-order valence-corrected chi connectivity index (χ0v) is 20.2. The van der Waals surface area contributed by atoms with E-state index >= 15 is 0 Å². The van der Waals surface area contributed by atoms with Gasteiger partial charge in [0.15, 0.2) is 5.43 Å². The van der Waals surface area contributed by atoms with Crippen LogP contribution in [0.3, 0.4) is 0 Å². The summed E-state index contributed by atoms with van der Waals surface area (Å²) < 4.78 is 15.4. The summed E-state index contributed by atoms with van der Waals surface area (Å²) in [5.74, 6) is -1.56. The maximum atomic E-state index is 14.0. The van der Waals surface area contributed by atoms with Crippen LogP contribution in [0, 0.1) is 5.82 Å². The van der Waals surface area contributed by atoms with E-state index in [1.807, 2.05) is 0 Å². The number of fused-ring (bicyclic) bond motifs is 2. The van der Waals surface area contributed by atoms with Crippen LogP contribution < -0.4 is 45.4 Å². The Bertz CT molecular complexity index is 1380. The maximum Gasteiger partial charge on any atom is 1.00 e. The van der Waals surface area contributed by atoms with Crippen LogP contribution in [-0.2, 0) is 11.3 Å². The molecule has 152 valence electrons. The van der Waals surface area contributed by atoms with Crippen LogP contribution in [0.2, 0.25) is 5.02 Å². The minimum absolute atomic E-state index is 0. The Labute approximate surface area is 207 Å². The first-order valence-electron chi connectivity index (χ1n) is 8.82. The third-order valence-electron chi connectivity index (χ3n) is 4.60. The van der Waals surface area contributed by atoms with Gasteiger partial charge in [0.2, 0.25) is 0 Å². The van der Waals surface area contributed by atoms with Crippen LogP contribution in [0.5, 0.6) is 0 Å². The van der Waals surface area contributed by atoms with Gasteiger partial charge in [0.05, 0.1) is 39.0 Å². The number of carbonyl (C=O) groups excluding carboxylic acids is 1. The third kappa shape index (κ3) is 4.44. The molecule has 0 bridgehead atoms. The second-order valence-electron chi connectivity index (χ2n) is 6.44. The third-order valence-corrected chi connectivity index (χ3v) is 5.85. The van der Waals surface area contributed by atoms with Gasteiger partial charge >= 0.3 is 29.6 Å². The summed E-state index contributed by atoms with van der Waals surface area (Å²) in [6.45, 7) is -0.530. The van der Waals surface area contributed by atoms with Crippen molar-refractivity contribution in [2.24, 2.45) is 0 Å². The van der Waals surface area contributed by atoms with Crippen LogP contribution in [0.15, 0.2) is 58.2 Å². The first-order valence-corrected chi connectivity index (χ1v) is 10.4. The van der Waals surface area contributed by atoms with Gasteiger partial charge in [-0.05, 0) is 42.7 Å². The van der Waals surface area contributed by atoms with Gasteiger partial charge in [-0.15, -0.1) is 11.8 Å². The number of nitrogens with one attached hydrogen (secondary N) is 1. The molecule has 0 aliphatic carbocycles. The van der Waals surface area contributed by atoms with Gasteiger partial charge in [-0.25, -0.2) is 9.37 Å². The molecule has 31 heavy (non-hydrogen) atoms. The molecule has 0 unspecified atom stereocenters. The number of rotatable bonds is 5. The van der Waals surface area contributed by atoms with E-state index in [0.717, 1.165) is 0 Å². The van der Waals surface area contributed by atoms with Gasteiger partial charge in [0, 0.05) is 5.39 Å². The molecule has 1 N–H and O–H groups in total. The number of carboxylic acid groups (broad SMARTS) is 1. The summed E-state index contributed by atoms with van der Waals surface area (Å²) >= 11 is 7.59. The average Bonchev–Trinajstić information content (AvgIpc) is 2.72. The van der Waals surface area contributed by atoms with Crippen molar-refractivity contribution < 1.29 is 43.8 Å². The zero-order valence-electron chi connectivity index (χ0n) is 16.6. The second kappa shape index (κ2) is 9.58. The van der Waals surface area contributed by atoms with E-state index in [0.29, 0.717) is 20.8 Å². The van der Waals surface area contributed by atoms with E-state index in [4.69, 9.17) is 11.6 Å². The van der Waals surface area contributed by atoms with Gasteiger partial charge in [-0.2, -0.15) is 0 Å². The normalized spacial score (nSPS) is 10.8. The molecule has 0 aliphatic heterocycles. The fraction of sp³-hybridized carbons (Fsp3) is 0.0952. The molecule has 0 atom stereocenters. The Balaban J connectivity index is 0.00000272.